The molecular formula is C11H15N3S. The van der Waals surface area contributed by atoms with Crippen LogP contribution in [0.2, 0.25) is 0 Å². The van der Waals surface area contributed by atoms with E-state index in [-0.39, 0.29) is 0 Å². The lowest BCUT2D eigenvalue weighted by atomic mass is 10.1. The molecule has 0 aliphatic carbocycles. The van der Waals surface area contributed by atoms with Crippen molar-refractivity contribution < 1.29 is 0 Å². The van der Waals surface area contributed by atoms with E-state index in [0.29, 0.717) is 5.25 Å². The summed E-state index contributed by atoms with van der Waals surface area (Å²) in [7, 11) is 0. The van der Waals surface area contributed by atoms with E-state index in [2.05, 4.69) is 15.3 Å². The average Bonchev–Trinajstić information content (AvgIpc) is 2.77. The first-order valence-corrected chi connectivity index (χ1v) is 6.65. The van der Waals surface area contributed by atoms with Gasteiger partial charge in [0.2, 0.25) is 0 Å². The van der Waals surface area contributed by atoms with Crippen molar-refractivity contribution in [1.82, 2.24) is 15.3 Å². The summed E-state index contributed by atoms with van der Waals surface area (Å²) < 4.78 is 0. The molecule has 1 N–H and O–H groups in total. The maximum absolute atomic E-state index is 4.68. The molecule has 2 aliphatic heterocycles. The highest BCUT2D eigenvalue weighted by molar-refractivity contribution is 7.99. The first kappa shape index (κ1) is 9.60. The minimum atomic E-state index is 0.546. The summed E-state index contributed by atoms with van der Waals surface area (Å²) in [4.78, 5) is 9.18. The van der Waals surface area contributed by atoms with Crippen LogP contribution in [0.15, 0.2) is 6.20 Å². The highest BCUT2D eigenvalue weighted by Gasteiger charge is 2.21. The molecule has 0 aromatic carbocycles. The molecule has 1 saturated heterocycles. The molecule has 1 fully saturated rings. The zero-order valence-electron chi connectivity index (χ0n) is 8.70. The van der Waals surface area contributed by atoms with Crippen molar-refractivity contribution in [2.75, 3.05) is 5.75 Å². The Morgan fingerprint density at radius 2 is 2.33 bits per heavy atom. The second-order valence-corrected chi connectivity index (χ2v) is 5.47. The van der Waals surface area contributed by atoms with Gasteiger partial charge in [0.15, 0.2) is 0 Å². The Balaban J connectivity index is 1.85. The smallest absolute Gasteiger partial charge is 0.141 e. The first-order valence-electron chi connectivity index (χ1n) is 5.60. The van der Waals surface area contributed by atoms with E-state index in [4.69, 9.17) is 0 Å². The molecule has 80 valence electrons. The van der Waals surface area contributed by atoms with Gasteiger partial charge in [-0.15, -0.1) is 0 Å². The van der Waals surface area contributed by atoms with Crippen LogP contribution in [0.1, 0.15) is 41.6 Å². The molecule has 1 unspecified atom stereocenters. The molecule has 0 amide bonds. The third-order valence-corrected chi connectivity index (χ3v) is 4.42. The lowest BCUT2D eigenvalue weighted by Crippen LogP contribution is -2.08. The Hall–Kier alpha value is -0.610. The lowest BCUT2D eigenvalue weighted by Gasteiger charge is -2.19. The molecule has 4 heteroatoms. The molecule has 1 aromatic heterocycles. The van der Waals surface area contributed by atoms with Crippen LogP contribution in [0, 0.1) is 0 Å². The highest BCUT2D eigenvalue weighted by atomic mass is 32.2. The quantitative estimate of drug-likeness (QED) is 0.787. The molecule has 15 heavy (non-hydrogen) atoms. The van der Waals surface area contributed by atoms with Crippen molar-refractivity contribution in [2.24, 2.45) is 0 Å². The summed E-state index contributed by atoms with van der Waals surface area (Å²) in [6.45, 7) is 1.86. The predicted octanol–water partition coefficient (Wildman–Crippen LogP) is 2.04. The normalized spacial score (nSPS) is 25.2. The van der Waals surface area contributed by atoms with Gasteiger partial charge in [-0.1, -0.05) is 6.42 Å². The number of nitrogens with one attached hydrogen (secondary N) is 1. The van der Waals surface area contributed by atoms with E-state index in [1.807, 2.05) is 18.0 Å². The van der Waals surface area contributed by atoms with Crippen LogP contribution < -0.4 is 5.32 Å². The standard InChI is InChI=1S/C11H15N3S/c1-2-4-15-10(3-1)11-13-6-8-5-12-7-9(8)14-11/h6,10,12H,1-5,7H2. The van der Waals surface area contributed by atoms with E-state index in [1.54, 1.807) is 0 Å². The molecule has 2 aliphatic rings. The van der Waals surface area contributed by atoms with Crippen molar-refractivity contribution >= 4 is 11.8 Å². The fraction of sp³-hybridized carbons (Fsp3) is 0.636. The van der Waals surface area contributed by atoms with Crippen LogP contribution in [0.3, 0.4) is 0 Å². The molecule has 3 heterocycles. The topological polar surface area (TPSA) is 37.8 Å². The number of fused-ring (bicyclic) bond motifs is 1. The summed E-state index contributed by atoms with van der Waals surface area (Å²) in [5.74, 6) is 2.32. The van der Waals surface area contributed by atoms with Crippen LogP contribution >= 0.6 is 11.8 Å². The van der Waals surface area contributed by atoms with Gasteiger partial charge in [-0.05, 0) is 18.6 Å². The molecule has 3 rings (SSSR count). The zero-order chi connectivity index (χ0) is 10.1. The minimum absolute atomic E-state index is 0.546. The number of hydrogen-bond donors (Lipinski definition) is 1. The van der Waals surface area contributed by atoms with Gasteiger partial charge in [-0.25, -0.2) is 9.97 Å². The molecule has 0 radical (unpaired) electrons. The largest absolute Gasteiger partial charge is 0.307 e. The average molecular weight is 221 g/mol. The molecule has 1 aromatic rings. The SMILES string of the molecule is c1nc(C2CCCCS2)nc2c1CNC2. The molecular weight excluding hydrogens is 206 g/mol. The van der Waals surface area contributed by atoms with Crippen LogP contribution in [-0.4, -0.2) is 15.7 Å². The van der Waals surface area contributed by atoms with Crippen LogP contribution in [0.5, 0.6) is 0 Å². The Morgan fingerprint density at radius 1 is 1.33 bits per heavy atom. The molecule has 0 bridgehead atoms. The zero-order valence-corrected chi connectivity index (χ0v) is 9.52. The lowest BCUT2D eigenvalue weighted by molar-refractivity contribution is 0.658. The van der Waals surface area contributed by atoms with E-state index in [9.17, 15) is 0 Å². The number of aromatic nitrogens is 2. The minimum Gasteiger partial charge on any atom is -0.307 e. The van der Waals surface area contributed by atoms with Crippen molar-refractivity contribution in [3.63, 3.8) is 0 Å². The summed E-state index contributed by atoms with van der Waals surface area (Å²) in [6.07, 6.45) is 5.94. The maximum atomic E-state index is 4.68. The van der Waals surface area contributed by atoms with Gasteiger partial charge in [0, 0.05) is 24.8 Å². The third kappa shape index (κ3) is 1.88. The van der Waals surface area contributed by atoms with Gasteiger partial charge in [0.25, 0.3) is 0 Å². The van der Waals surface area contributed by atoms with Crippen molar-refractivity contribution in [2.45, 2.75) is 37.6 Å². The number of thioether (sulfide) groups is 1. The van der Waals surface area contributed by atoms with Gasteiger partial charge in [0.1, 0.15) is 5.82 Å². The predicted molar refractivity (Wildman–Crippen MR) is 61.6 cm³/mol. The second kappa shape index (κ2) is 4.10. The Labute approximate surface area is 94.1 Å². The van der Waals surface area contributed by atoms with Gasteiger partial charge < -0.3 is 5.32 Å². The molecule has 3 nitrogen and oxygen atoms in total. The maximum Gasteiger partial charge on any atom is 0.141 e. The number of rotatable bonds is 1. The molecule has 0 spiro atoms. The monoisotopic (exact) mass is 221 g/mol. The van der Waals surface area contributed by atoms with Gasteiger partial charge in [-0.2, -0.15) is 11.8 Å². The Kier molecular flexibility index (Phi) is 2.63. The summed E-state index contributed by atoms with van der Waals surface area (Å²) in [5.41, 5.74) is 2.49. The van der Waals surface area contributed by atoms with Crippen LogP contribution in [0.4, 0.5) is 0 Å². The summed E-state index contributed by atoms with van der Waals surface area (Å²) in [5, 5.41) is 3.85. The fourth-order valence-electron chi connectivity index (χ4n) is 2.17. The van der Waals surface area contributed by atoms with Gasteiger partial charge in [0.05, 0.1) is 10.9 Å². The van der Waals surface area contributed by atoms with Crippen molar-refractivity contribution in [3.05, 3.63) is 23.3 Å². The van der Waals surface area contributed by atoms with E-state index >= 15 is 0 Å². The van der Waals surface area contributed by atoms with Crippen LogP contribution in [0.25, 0.3) is 0 Å². The summed E-state index contributed by atoms with van der Waals surface area (Å²) in [6, 6.07) is 0. The highest BCUT2D eigenvalue weighted by Crippen LogP contribution is 2.36. The first-order chi connectivity index (χ1) is 7.43. The van der Waals surface area contributed by atoms with Crippen molar-refractivity contribution in [3.8, 4) is 0 Å². The van der Waals surface area contributed by atoms with Crippen molar-refractivity contribution in [1.29, 1.82) is 0 Å². The third-order valence-electron chi connectivity index (χ3n) is 3.05. The number of hydrogen-bond acceptors (Lipinski definition) is 4. The number of nitrogens with zero attached hydrogens (tertiary/aromatic N) is 2. The van der Waals surface area contributed by atoms with Gasteiger partial charge >= 0.3 is 0 Å². The van der Waals surface area contributed by atoms with Gasteiger partial charge in [-0.3, -0.25) is 0 Å². The molecule has 1 atom stereocenters. The van der Waals surface area contributed by atoms with Crippen LogP contribution in [-0.2, 0) is 13.1 Å². The van der Waals surface area contributed by atoms with E-state index in [0.717, 1.165) is 18.9 Å². The molecule has 0 saturated carbocycles. The van der Waals surface area contributed by atoms with E-state index < -0.39 is 0 Å². The second-order valence-electron chi connectivity index (χ2n) is 4.16. The fourth-order valence-corrected chi connectivity index (χ4v) is 3.42. The Bertz CT molecular complexity index is 361. The Morgan fingerprint density at radius 3 is 3.20 bits per heavy atom. The van der Waals surface area contributed by atoms with E-state index in [1.165, 1.54) is 36.3 Å². The summed E-state index contributed by atoms with van der Waals surface area (Å²) >= 11 is 2.02.